The second-order valence-corrected chi connectivity index (χ2v) is 6.94. The smallest absolute Gasteiger partial charge is 0.230 e. The second-order valence-electron chi connectivity index (χ2n) is 6.94. The van der Waals surface area contributed by atoms with Crippen LogP contribution in [0.4, 0.5) is 5.95 Å². The molecule has 0 aliphatic carbocycles. The zero-order chi connectivity index (χ0) is 19.5. The zero-order valence-corrected chi connectivity index (χ0v) is 16.4. The van der Waals surface area contributed by atoms with E-state index in [1.807, 2.05) is 25.1 Å². The van der Waals surface area contributed by atoms with E-state index in [0.717, 1.165) is 28.9 Å². The van der Waals surface area contributed by atoms with Crippen molar-refractivity contribution in [1.29, 1.82) is 0 Å². The standard InChI is InChI=1S/C21H24N6O/c1-14-4-9-19-18(10-14)15(2)24-21(25-19)26-20-22-12-27(13-23-20)11-16-5-7-17(28-3)8-6-16/h4-10H,11-13H2,1-3H3,(H2,22,23,24,25,26). The number of aryl methyl sites for hydroxylation is 2. The molecule has 2 aromatic carbocycles. The lowest BCUT2D eigenvalue weighted by Crippen LogP contribution is -2.45. The summed E-state index contributed by atoms with van der Waals surface area (Å²) in [6.45, 7) is 6.19. The monoisotopic (exact) mass is 376 g/mol. The number of anilines is 1. The second kappa shape index (κ2) is 7.82. The lowest BCUT2D eigenvalue weighted by molar-refractivity contribution is 0.256. The molecule has 0 saturated heterocycles. The van der Waals surface area contributed by atoms with E-state index in [1.165, 1.54) is 11.1 Å². The van der Waals surface area contributed by atoms with Crippen LogP contribution in [-0.2, 0) is 6.54 Å². The van der Waals surface area contributed by atoms with Crippen LogP contribution in [0.2, 0.25) is 0 Å². The summed E-state index contributed by atoms with van der Waals surface area (Å²) >= 11 is 0. The third-order valence-corrected chi connectivity index (χ3v) is 4.74. The normalized spacial score (nSPS) is 14.5. The van der Waals surface area contributed by atoms with Gasteiger partial charge in [0.15, 0.2) is 0 Å². The minimum atomic E-state index is 0.559. The average molecular weight is 376 g/mol. The Kier molecular flexibility index (Phi) is 5.08. The predicted octanol–water partition coefficient (Wildman–Crippen LogP) is 3.04. The highest BCUT2D eigenvalue weighted by molar-refractivity contribution is 5.93. The van der Waals surface area contributed by atoms with Gasteiger partial charge in [0, 0.05) is 11.9 Å². The Morgan fingerprint density at radius 2 is 1.93 bits per heavy atom. The molecule has 0 radical (unpaired) electrons. The highest BCUT2D eigenvalue weighted by atomic mass is 16.5. The molecule has 3 aromatic rings. The number of aliphatic imine (C=N–C) groups is 1. The van der Waals surface area contributed by atoms with Crippen LogP contribution in [0, 0.1) is 13.8 Å². The van der Waals surface area contributed by atoms with Gasteiger partial charge in [0.05, 0.1) is 31.7 Å². The Balaban J connectivity index is 1.41. The quantitative estimate of drug-likeness (QED) is 0.729. The van der Waals surface area contributed by atoms with Gasteiger partial charge in [0.25, 0.3) is 0 Å². The van der Waals surface area contributed by atoms with E-state index in [-0.39, 0.29) is 0 Å². The number of nitrogens with one attached hydrogen (secondary N) is 2. The molecule has 1 aromatic heterocycles. The summed E-state index contributed by atoms with van der Waals surface area (Å²) in [5.41, 5.74) is 4.31. The Hall–Kier alpha value is -3.19. The van der Waals surface area contributed by atoms with E-state index in [1.54, 1.807) is 7.11 Å². The van der Waals surface area contributed by atoms with Crippen molar-refractivity contribution in [1.82, 2.24) is 20.2 Å². The topological polar surface area (TPSA) is 74.7 Å². The molecule has 0 unspecified atom stereocenters. The number of guanidine groups is 1. The number of benzene rings is 2. The van der Waals surface area contributed by atoms with Crippen molar-refractivity contribution in [3.05, 3.63) is 59.3 Å². The van der Waals surface area contributed by atoms with E-state index >= 15 is 0 Å². The van der Waals surface area contributed by atoms with Crippen LogP contribution in [0.25, 0.3) is 10.9 Å². The number of methoxy groups -OCH3 is 1. The number of aromatic nitrogens is 2. The molecule has 1 aliphatic heterocycles. The SMILES string of the molecule is COc1ccc(CN2CN=C(Nc3nc(C)c4cc(C)ccc4n3)NC2)cc1. The van der Waals surface area contributed by atoms with Gasteiger partial charge in [-0.1, -0.05) is 23.8 Å². The first kappa shape index (κ1) is 18.2. The minimum Gasteiger partial charge on any atom is -0.497 e. The summed E-state index contributed by atoms with van der Waals surface area (Å²) in [6.07, 6.45) is 0. The molecule has 144 valence electrons. The molecule has 0 fully saturated rings. The van der Waals surface area contributed by atoms with Crippen molar-refractivity contribution in [3.63, 3.8) is 0 Å². The average Bonchev–Trinajstić information content (AvgIpc) is 2.71. The number of hydrogen-bond acceptors (Lipinski definition) is 7. The van der Waals surface area contributed by atoms with E-state index < -0.39 is 0 Å². The van der Waals surface area contributed by atoms with Crippen LogP contribution >= 0.6 is 0 Å². The minimum absolute atomic E-state index is 0.559. The van der Waals surface area contributed by atoms with Crippen LogP contribution in [0.15, 0.2) is 47.5 Å². The highest BCUT2D eigenvalue weighted by Crippen LogP contribution is 2.19. The van der Waals surface area contributed by atoms with Gasteiger partial charge in [-0.2, -0.15) is 0 Å². The van der Waals surface area contributed by atoms with E-state index in [4.69, 9.17) is 4.74 Å². The molecule has 4 rings (SSSR count). The molecule has 2 N–H and O–H groups in total. The zero-order valence-electron chi connectivity index (χ0n) is 16.4. The van der Waals surface area contributed by atoms with Gasteiger partial charge in [-0.25, -0.2) is 15.0 Å². The van der Waals surface area contributed by atoms with Crippen molar-refractivity contribution in [3.8, 4) is 5.75 Å². The number of rotatable bonds is 4. The predicted molar refractivity (Wildman–Crippen MR) is 111 cm³/mol. The molecule has 1 aliphatic rings. The van der Waals surface area contributed by atoms with Crippen molar-refractivity contribution in [2.45, 2.75) is 20.4 Å². The molecular weight excluding hydrogens is 352 g/mol. The fraction of sp³-hybridized carbons (Fsp3) is 0.286. The molecule has 7 heteroatoms. The Labute approximate surface area is 164 Å². The fourth-order valence-corrected chi connectivity index (χ4v) is 3.20. The molecular formula is C21H24N6O. The van der Waals surface area contributed by atoms with Crippen LogP contribution in [0.1, 0.15) is 16.8 Å². The maximum Gasteiger partial charge on any atom is 0.230 e. The van der Waals surface area contributed by atoms with Gasteiger partial charge < -0.3 is 10.1 Å². The van der Waals surface area contributed by atoms with Gasteiger partial charge in [-0.15, -0.1) is 0 Å². The highest BCUT2D eigenvalue weighted by Gasteiger charge is 2.14. The van der Waals surface area contributed by atoms with E-state index in [9.17, 15) is 0 Å². The Morgan fingerprint density at radius 1 is 1.11 bits per heavy atom. The van der Waals surface area contributed by atoms with Crippen LogP contribution in [-0.4, -0.2) is 41.3 Å². The lowest BCUT2D eigenvalue weighted by atomic mass is 10.1. The van der Waals surface area contributed by atoms with Gasteiger partial charge in [0.1, 0.15) is 5.75 Å². The number of nitrogens with zero attached hydrogens (tertiary/aromatic N) is 4. The maximum absolute atomic E-state index is 5.20. The van der Waals surface area contributed by atoms with Crippen molar-refractivity contribution in [2.75, 3.05) is 25.8 Å². The Bertz CT molecular complexity index is 1020. The van der Waals surface area contributed by atoms with Crippen LogP contribution in [0.3, 0.4) is 0 Å². The molecule has 0 spiro atoms. The number of ether oxygens (including phenoxy) is 1. The number of fused-ring (bicyclic) bond motifs is 1. The van der Waals surface area contributed by atoms with Gasteiger partial charge >= 0.3 is 0 Å². The molecule has 0 bridgehead atoms. The fourth-order valence-electron chi connectivity index (χ4n) is 3.20. The molecule has 0 amide bonds. The molecule has 2 heterocycles. The molecule has 0 atom stereocenters. The van der Waals surface area contributed by atoms with Crippen LogP contribution < -0.4 is 15.4 Å². The molecule has 28 heavy (non-hydrogen) atoms. The Morgan fingerprint density at radius 3 is 2.64 bits per heavy atom. The summed E-state index contributed by atoms with van der Waals surface area (Å²) in [5, 5.41) is 7.58. The van der Waals surface area contributed by atoms with E-state index in [2.05, 4.69) is 61.7 Å². The third kappa shape index (κ3) is 4.04. The van der Waals surface area contributed by atoms with E-state index in [0.29, 0.717) is 25.2 Å². The van der Waals surface area contributed by atoms with Gasteiger partial charge in [-0.3, -0.25) is 10.2 Å². The molecule has 0 saturated carbocycles. The first-order valence-corrected chi connectivity index (χ1v) is 9.26. The summed E-state index contributed by atoms with van der Waals surface area (Å²) in [4.78, 5) is 16.0. The first-order valence-electron chi connectivity index (χ1n) is 9.26. The van der Waals surface area contributed by atoms with Crippen molar-refractivity contribution in [2.24, 2.45) is 4.99 Å². The largest absolute Gasteiger partial charge is 0.497 e. The summed E-state index contributed by atoms with van der Waals surface area (Å²) < 4.78 is 5.20. The van der Waals surface area contributed by atoms with Crippen molar-refractivity contribution < 1.29 is 4.74 Å². The summed E-state index contributed by atoms with van der Waals surface area (Å²) in [6, 6.07) is 14.3. The first-order chi connectivity index (χ1) is 13.6. The maximum atomic E-state index is 5.20. The van der Waals surface area contributed by atoms with Gasteiger partial charge in [-0.05, 0) is 43.7 Å². The molecule has 7 nitrogen and oxygen atoms in total. The summed E-state index contributed by atoms with van der Waals surface area (Å²) in [7, 11) is 1.68. The van der Waals surface area contributed by atoms with Crippen LogP contribution in [0.5, 0.6) is 5.75 Å². The van der Waals surface area contributed by atoms with Gasteiger partial charge in [0.2, 0.25) is 11.9 Å². The third-order valence-electron chi connectivity index (χ3n) is 4.74. The lowest BCUT2D eigenvalue weighted by Gasteiger charge is -2.27. The summed E-state index contributed by atoms with van der Waals surface area (Å²) in [5.74, 6) is 2.12. The van der Waals surface area contributed by atoms with Crippen molar-refractivity contribution >= 4 is 22.8 Å². The number of hydrogen-bond donors (Lipinski definition) is 2.